The number of rotatable bonds is 6. The van der Waals surface area contributed by atoms with Gasteiger partial charge in [0.05, 0.1) is 11.4 Å². The molecule has 0 radical (unpaired) electrons. The summed E-state index contributed by atoms with van der Waals surface area (Å²) in [6.45, 7) is 3.29. The molecule has 1 aliphatic heterocycles. The van der Waals surface area contributed by atoms with E-state index in [4.69, 9.17) is 5.10 Å². The van der Waals surface area contributed by atoms with Gasteiger partial charge in [-0.1, -0.05) is 48.0 Å². The van der Waals surface area contributed by atoms with Gasteiger partial charge in [0.2, 0.25) is 5.91 Å². The third-order valence-corrected chi connectivity index (χ3v) is 7.10. The third-order valence-electron chi connectivity index (χ3n) is 6.42. The average Bonchev–Trinajstić information content (AvgIpc) is 3.60. The number of amides is 2. The van der Waals surface area contributed by atoms with Gasteiger partial charge in [0.25, 0.3) is 5.91 Å². The summed E-state index contributed by atoms with van der Waals surface area (Å²) in [6, 6.07) is 20.1. The van der Waals surface area contributed by atoms with Crippen LogP contribution in [0.4, 0.5) is 0 Å². The lowest BCUT2D eigenvalue weighted by Crippen LogP contribution is -2.46. The minimum absolute atomic E-state index is 0.0278. The summed E-state index contributed by atoms with van der Waals surface area (Å²) in [5, 5.41) is 11.7. The number of likely N-dealkylation sites (tertiary alicyclic amines) is 1. The molecule has 6 nitrogen and oxygen atoms in total. The molecule has 1 aliphatic rings. The molecular formula is C29H28N4O2S. The van der Waals surface area contributed by atoms with Gasteiger partial charge in [-0.25, -0.2) is 4.68 Å². The van der Waals surface area contributed by atoms with Gasteiger partial charge in [-0.2, -0.15) is 16.4 Å². The molecule has 1 saturated heterocycles. The van der Waals surface area contributed by atoms with Gasteiger partial charge < -0.3 is 10.2 Å². The van der Waals surface area contributed by atoms with Crippen LogP contribution in [0.15, 0.2) is 83.7 Å². The number of para-hydroxylation sites is 1. The fourth-order valence-corrected chi connectivity index (χ4v) is 4.97. The van der Waals surface area contributed by atoms with Gasteiger partial charge in [-0.05, 0) is 49.4 Å². The molecule has 0 bridgehead atoms. The zero-order chi connectivity index (χ0) is 24.9. The Morgan fingerprint density at radius 1 is 1.03 bits per heavy atom. The maximum Gasteiger partial charge on any atom is 0.252 e. The zero-order valence-electron chi connectivity index (χ0n) is 20.1. The number of benzene rings is 2. The Bertz CT molecular complexity index is 1350. The summed E-state index contributed by atoms with van der Waals surface area (Å²) in [5.41, 5.74) is 5.56. The Balaban J connectivity index is 1.28. The maximum absolute atomic E-state index is 13.0. The number of hydrogen-bond donors (Lipinski definition) is 1. The predicted molar refractivity (Wildman–Crippen MR) is 144 cm³/mol. The van der Waals surface area contributed by atoms with E-state index < -0.39 is 0 Å². The minimum atomic E-state index is -0.0417. The van der Waals surface area contributed by atoms with Crippen LogP contribution in [0.5, 0.6) is 0 Å². The van der Waals surface area contributed by atoms with Crippen LogP contribution in [0.1, 0.15) is 34.3 Å². The first kappa shape index (κ1) is 23.8. The molecule has 0 saturated carbocycles. The lowest BCUT2D eigenvalue weighted by molar-refractivity contribution is -0.126. The van der Waals surface area contributed by atoms with Crippen molar-refractivity contribution < 1.29 is 9.59 Å². The molecule has 7 heteroatoms. The van der Waals surface area contributed by atoms with E-state index in [1.165, 1.54) is 16.9 Å². The lowest BCUT2D eigenvalue weighted by Gasteiger charge is -2.31. The molecule has 0 spiro atoms. The molecule has 2 amide bonds. The van der Waals surface area contributed by atoms with Crippen LogP contribution in [0, 0.1) is 6.92 Å². The van der Waals surface area contributed by atoms with Gasteiger partial charge in [0.15, 0.2) is 0 Å². The fourth-order valence-electron chi connectivity index (χ4n) is 4.33. The van der Waals surface area contributed by atoms with Crippen LogP contribution < -0.4 is 5.32 Å². The first-order valence-corrected chi connectivity index (χ1v) is 13.0. The van der Waals surface area contributed by atoms with Crippen LogP contribution in [0.2, 0.25) is 0 Å². The van der Waals surface area contributed by atoms with Crippen molar-refractivity contribution in [2.24, 2.45) is 0 Å². The van der Waals surface area contributed by atoms with Gasteiger partial charge in [0.1, 0.15) is 0 Å². The van der Waals surface area contributed by atoms with Crippen LogP contribution >= 0.6 is 11.3 Å². The van der Waals surface area contributed by atoms with E-state index in [0.29, 0.717) is 18.7 Å². The molecule has 182 valence electrons. The van der Waals surface area contributed by atoms with Crippen molar-refractivity contribution in [1.29, 1.82) is 0 Å². The van der Waals surface area contributed by atoms with E-state index in [0.717, 1.165) is 35.3 Å². The van der Waals surface area contributed by atoms with Crippen molar-refractivity contribution in [2.75, 3.05) is 13.1 Å². The summed E-state index contributed by atoms with van der Waals surface area (Å²) in [5.74, 6) is -0.0695. The molecule has 0 aliphatic carbocycles. The molecule has 0 atom stereocenters. The lowest BCUT2D eigenvalue weighted by atomic mass is 10.0. The van der Waals surface area contributed by atoms with Crippen LogP contribution in [0.25, 0.3) is 23.0 Å². The number of piperidine rings is 1. The van der Waals surface area contributed by atoms with Crippen LogP contribution in [0.3, 0.4) is 0 Å². The highest BCUT2D eigenvalue weighted by atomic mass is 32.1. The number of aryl methyl sites for hydroxylation is 1. The summed E-state index contributed by atoms with van der Waals surface area (Å²) in [4.78, 5) is 27.1. The summed E-state index contributed by atoms with van der Waals surface area (Å²) in [6.07, 6.45) is 6.94. The summed E-state index contributed by atoms with van der Waals surface area (Å²) < 4.78 is 1.85. The Labute approximate surface area is 214 Å². The van der Waals surface area contributed by atoms with Crippen molar-refractivity contribution in [1.82, 2.24) is 20.0 Å². The average molecular weight is 497 g/mol. The molecule has 5 rings (SSSR count). The van der Waals surface area contributed by atoms with E-state index in [9.17, 15) is 9.59 Å². The standard InChI is InChI=1S/C29H28N4O2S/c1-21-7-9-22(10-8-21)28-23(19-33(31-28)26-5-3-2-4-6-26)11-12-27(34)32-16-13-25(14-17-32)30-29(35)24-15-18-36-20-24/h2-12,15,18-20,25H,13-14,16-17H2,1H3,(H,30,35)/b12-11+. The SMILES string of the molecule is Cc1ccc(-c2nn(-c3ccccc3)cc2/C=C/C(=O)N2CCC(NC(=O)c3ccsc3)CC2)cc1. The van der Waals surface area contributed by atoms with Crippen molar-refractivity contribution in [3.05, 3.63) is 100 Å². The van der Waals surface area contributed by atoms with Gasteiger partial charge in [0, 0.05) is 53.5 Å². The highest BCUT2D eigenvalue weighted by Gasteiger charge is 2.23. The number of nitrogens with zero attached hydrogens (tertiary/aromatic N) is 3. The first-order chi connectivity index (χ1) is 17.6. The van der Waals surface area contributed by atoms with Crippen LogP contribution in [-0.2, 0) is 4.79 Å². The molecular weight excluding hydrogens is 468 g/mol. The van der Waals surface area contributed by atoms with E-state index in [1.807, 2.05) is 69.0 Å². The van der Waals surface area contributed by atoms with Crippen molar-refractivity contribution in [3.8, 4) is 16.9 Å². The molecule has 0 unspecified atom stereocenters. The fraction of sp³-hybridized carbons (Fsp3) is 0.207. The topological polar surface area (TPSA) is 67.2 Å². The number of carbonyl (C=O) groups is 2. The number of thiophene rings is 1. The first-order valence-electron chi connectivity index (χ1n) is 12.1. The molecule has 1 N–H and O–H groups in total. The smallest absolute Gasteiger partial charge is 0.252 e. The quantitative estimate of drug-likeness (QED) is 0.366. The Morgan fingerprint density at radius 2 is 1.78 bits per heavy atom. The number of hydrogen-bond acceptors (Lipinski definition) is 4. The highest BCUT2D eigenvalue weighted by Crippen LogP contribution is 2.25. The van der Waals surface area contributed by atoms with Gasteiger partial charge in [-0.3, -0.25) is 9.59 Å². The van der Waals surface area contributed by atoms with Crippen molar-refractivity contribution in [2.45, 2.75) is 25.8 Å². The Hall–Kier alpha value is -3.97. The van der Waals surface area contributed by atoms with E-state index in [1.54, 1.807) is 6.08 Å². The Kier molecular flexibility index (Phi) is 7.09. The summed E-state index contributed by atoms with van der Waals surface area (Å²) in [7, 11) is 0. The van der Waals surface area contributed by atoms with E-state index in [2.05, 4.69) is 36.5 Å². The Morgan fingerprint density at radius 3 is 2.47 bits per heavy atom. The normalized spacial score (nSPS) is 14.3. The van der Waals surface area contributed by atoms with Gasteiger partial charge in [-0.15, -0.1) is 0 Å². The predicted octanol–water partition coefficient (Wildman–Crippen LogP) is 5.34. The number of aromatic nitrogens is 2. The third kappa shape index (κ3) is 5.47. The molecule has 36 heavy (non-hydrogen) atoms. The molecule has 2 aromatic heterocycles. The second-order valence-electron chi connectivity index (χ2n) is 9.00. The summed E-state index contributed by atoms with van der Waals surface area (Å²) >= 11 is 1.51. The maximum atomic E-state index is 13.0. The minimum Gasteiger partial charge on any atom is -0.349 e. The highest BCUT2D eigenvalue weighted by molar-refractivity contribution is 7.08. The second-order valence-corrected chi connectivity index (χ2v) is 9.78. The molecule has 4 aromatic rings. The molecule has 2 aromatic carbocycles. The van der Waals surface area contributed by atoms with Crippen molar-refractivity contribution >= 4 is 29.2 Å². The number of carbonyl (C=O) groups excluding carboxylic acids is 2. The molecule has 1 fully saturated rings. The zero-order valence-corrected chi connectivity index (χ0v) is 20.9. The molecule has 3 heterocycles. The second kappa shape index (κ2) is 10.7. The van der Waals surface area contributed by atoms with Gasteiger partial charge >= 0.3 is 0 Å². The van der Waals surface area contributed by atoms with E-state index in [-0.39, 0.29) is 17.9 Å². The number of nitrogens with one attached hydrogen (secondary N) is 1. The largest absolute Gasteiger partial charge is 0.349 e. The van der Waals surface area contributed by atoms with Crippen LogP contribution in [-0.4, -0.2) is 45.6 Å². The monoisotopic (exact) mass is 496 g/mol. The van der Waals surface area contributed by atoms with E-state index >= 15 is 0 Å². The van der Waals surface area contributed by atoms with Crippen molar-refractivity contribution in [3.63, 3.8) is 0 Å².